The smallest absolute Gasteiger partial charge is 0.128 e. The fraction of sp³-hybridized carbons (Fsp3) is 0.692. The second-order valence-corrected chi connectivity index (χ2v) is 5.80. The van der Waals surface area contributed by atoms with Crippen molar-refractivity contribution in [3.05, 3.63) is 23.8 Å². The first-order valence-electron chi connectivity index (χ1n) is 6.38. The van der Waals surface area contributed by atoms with Crippen LogP contribution in [0.25, 0.3) is 0 Å². The van der Waals surface area contributed by atoms with E-state index >= 15 is 0 Å². The molecule has 17 heavy (non-hydrogen) atoms. The van der Waals surface area contributed by atoms with E-state index in [0.29, 0.717) is 0 Å². The maximum Gasteiger partial charge on any atom is 0.128 e. The molecule has 3 nitrogen and oxygen atoms in total. The quantitative estimate of drug-likeness (QED) is 0.821. The maximum absolute atomic E-state index is 4.57. The third-order valence-corrected chi connectivity index (χ3v) is 4.35. The fourth-order valence-electron chi connectivity index (χ4n) is 2.21. The topological polar surface area (TPSA) is 29.0 Å². The molecule has 4 heteroatoms. The van der Waals surface area contributed by atoms with Crippen molar-refractivity contribution in [3.63, 3.8) is 0 Å². The van der Waals surface area contributed by atoms with Gasteiger partial charge < -0.3 is 0 Å². The van der Waals surface area contributed by atoms with Gasteiger partial charge in [-0.15, -0.1) is 0 Å². The number of hydrogen-bond donors (Lipinski definition) is 0. The standard InChI is InChI=1S/C13H21N3S/c1-3-13-14-7-4-11(15-13)10-16(2)12-5-8-17-9-6-12/h4,7,12H,3,5-6,8-10H2,1-2H3. The monoisotopic (exact) mass is 251 g/mol. The lowest BCUT2D eigenvalue weighted by molar-refractivity contribution is 0.218. The number of rotatable bonds is 4. The zero-order valence-corrected chi connectivity index (χ0v) is 11.5. The van der Waals surface area contributed by atoms with Crippen molar-refractivity contribution in [1.29, 1.82) is 0 Å². The van der Waals surface area contributed by atoms with Gasteiger partial charge in [0, 0.05) is 25.2 Å². The van der Waals surface area contributed by atoms with Crippen LogP contribution in [0.15, 0.2) is 12.3 Å². The summed E-state index contributed by atoms with van der Waals surface area (Å²) in [6.07, 6.45) is 5.42. The molecule has 0 aliphatic carbocycles. The van der Waals surface area contributed by atoms with Crippen LogP contribution in [0.4, 0.5) is 0 Å². The number of thioether (sulfide) groups is 1. The summed E-state index contributed by atoms with van der Waals surface area (Å²) >= 11 is 2.08. The van der Waals surface area contributed by atoms with Crippen molar-refractivity contribution in [2.24, 2.45) is 0 Å². The molecule has 1 fully saturated rings. The van der Waals surface area contributed by atoms with Crippen LogP contribution in [0.1, 0.15) is 31.3 Å². The summed E-state index contributed by atoms with van der Waals surface area (Å²) < 4.78 is 0. The lowest BCUT2D eigenvalue weighted by Gasteiger charge is -2.30. The molecule has 0 atom stereocenters. The number of nitrogens with zero attached hydrogens (tertiary/aromatic N) is 3. The van der Waals surface area contributed by atoms with Gasteiger partial charge in [0.05, 0.1) is 5.69 Å². The number of aromatic nitrogens is 2. The molecule has 2 rings (SSSR count). The lowest BCUT2D eigenvalue weighted by atomic mass is 10.1. The van der Waals surface area contributed by atoms with Crippen LogP contribution in [0.2, 0.25) is 0 Å². The summed E-state index contributed by atoms with van der Waals surface area (Å²) in [7, 11) is 2.22. The summed E-state index contributed by atoms with van der Waals surface area (Å²) in [5.74, 6) is 3.56. The zero-order chi connectivity index (χ0) is 12.1. The normalized spacial score (nSPS) is 17.6. The van der Waals surface area contributed by atoms with Crippen molar-refractivity contribution < 1.29 is 0 Å². The highest BCUT2D eigenvalue weighted by molar-refractivity contribution is 7.99. The molecule has 1 saturated heterocycles. The van der Waals surface area contributed by atoms with Crippen LogP contribution in [-0.2, 0) is 13.0 Å². The molecule has 1 aliphatic heterocycles. The molecule has 0 aromatic carbocycles. The molecule has 1 aromatic heterocycles. The van der Waals surface area contributed by atoms with Gasteiger partial charge >= 0.3 is 0 Å². The van der Waals surface area contributed by atoms with Gasteiger partial charge in [0.2, 0.25) is 0 Å². The summed E-state index contributed by atoms with van der Waals surface area (Å²) in [5.41, 5.74) is 1.15. The Kier molecular flexibility index (Phi) is 4.80. The Morgan fingerprint density at radius 3 is 2.88 bits per heavy atom. The molecule has 1 aliphatic rings. The highest BCUT2D eigenvalue weighted by Gasteiger charge is 2.18. The molecule has 0 N–H and O–H groups in total. The molecule has 94 valence electrons. The van der Waals surface area contributed by atoms with Crippen molar-refractivity contribution in [2.45, 2.75) is 38.8 Å². The Bertz CT molecular complexity index is 350. The van der Waals surface area contributed by atoms with E-state index in [2.05, 4.69) is 40.6 Å². The first-order valence-corrected chi connectivity index (χ1v) is 7.54. The molecule has 0 spiro atoms. The molecular formula is C13H21N3S. The van der Waals surface area contributed by atoms with Crippen molar-refractivity contribution >= 4 is 11.8 Å². The lowest BCUT2D eigenvalue weighted by Crippen LogP contribution is -2.34. The molecule has 0 bridgehead atoms. The summed E-state index contributed by atoms with van der Waals surface area (Å²) in [6.45, 7) is 3.05. The first kappa shape index (κ1) is 12.8. The minimum absolute atomic E-state index is 0.733. The molecule has 0 saturated carbocycles. The van der Waals surface area contributed by atoms with E-state index in [-0.39, 0.29) is 0 Å². The zero-order valence-electron chi connectivity index (χ0n) is 10.7. The van der Waals surface area contributed by atoms with Crippen LogP contribution in [0.3, 0.4) is 0 Å². The first-order chi connectivity index (χ1) is 8.29. The van der Waals surface area contributed by atoms with E-state index in [1.165, 1.54) is 24.3 Å². The highest BCUT2D eigenvalue weighted by atomic mass is 32.2. The predicted molar refractivity (Wildman–Crippen MR) is 73.2 cm³/mol. The molecule has 1 aromatic rings. The molecule has 2 heterocycles. The second-order valence-electron chi connectivity index (χ2n) is 4.58. The summed E-state index contributed by atoms with van der Waals surface area (Å²) in [4.78, 5) is 11.3. The third kappa shape index (κ3) is 3.68. The van der Waals surface area contributed by atoms with Crippen LogP contribution in [0, 0.1) is 0 Å². The van der Waals surface area contributed by atoms with Crippen LogP contribution in [0.5, 0.6) is 0 Å². The van der Waals surface area contributed by atoms with Crippen LogP contribution < -0.4 is 0 Å². The van der Waals surface area contributed by atoms with Gasteiger partial charge in [-0.25, -0.2) is 9.97 Å². The Hall–Kier alpha value is -0.610. The van der Waals surface area contributed by atoms with Gasteiger partial charge in [0.1, 0.15) is 5.82 Å². The Morgan fingerprint density at radius 2 is 2.18 bits per heavy atom. The minimum Gasteiger partial charge on any atom is -0.298 e. The van der Waals surface area contributed by atoms with Gasteiger partial charge in [0.25, 0.3) is 0 Å². The van der Waals surface area contributed by atoms with E-state index in [1.807, 2.05) is 12.3 Å². The largest absolute Gasteiger partial charge is 0.298 e. The van der Waals surface area contributed by atoms with Gasteiger partial charge in [-0.1, -0.05) is 6.92 Å². The average Bonchev–Trinajstić information content (AvgIpc) is 2.40. The Balaban J connectivity index is 1.94. The number of hydrogen-bond acceptors (Lipinski definition) is 4. The van der Waals surface area contributed by atoms with Gasteiger partial charge in [-0.3, -0.25) is 4.90 Å². The van der Waals surface area contributed by atoms with E-state index in [4.69, 9.17) is 0 Å². The molecule has 0 radical (unpaired) electrons. The Labute approximate surface area is 108 Å². The molecular weight excluding hydrogens is 230 g/mol. The van der Waals surface area contributed by atoms with Crippen molar-refractivity contribution in [1.82, 2.24) is 14.9 Å². The van der Waals surface area contributed by atoms with E-state index in [0.717, 1.165) is 30.5 Å². The highest BCUT2D eigenvalue weighted by Crippen LogP contribution is 2.21. The third-order valence-electron chi connectivity index (χ3n) is 3.30. The summed E-state index contributed by atoms with van der Waals surface area (Å²) in [5, 5.41) is 0. The van der Waals surface area contributed by atoms with Crippen molar-refractivity contribution in [3.8, 4) is 0 Å². The molecule has 0 unspecified atom stereocenters. The van der Waals surface area contributed by atoms with E-state index < -0.39 is 0 Å². The maximum atomic E-state index is 4.57. The Morgan fingerprint density at radius 1 is 1.41 bits per heavy atom. The van der Waals surface area contributed by atoms with E-state index in [9.17, 15) is 0 Å². The van der Waals surface area contributed by atoms with Crippen LogP contribution in [-0.4, -0.2) is 39.5 Å². The van der Waals surface area contributed by atoms with Gasteiger partial charge in [-0.2, -0.15) is 11.8 Å². The summed E-state index contributed by atoms with van der Waals surface area (Å²) in [6, 6.07) is 2.77. The van der Waals surface area contributed by atoms with E-state index in [1.54, 1.807) is 0 Å². The fourth-order valence-corrected chi connectivity index (χ4v) is 3.29. The van der Waals surface area contributed by atoms with Crippen molar-refractivity contribution in [2.75, 3.05) is 18.6 Å². The second kappa shape index (κ2) is 6.36. The van der Waals surface area contributed by atoms with Gasteiger partial charge in [-0.05, 0) is 37.5 Å². The predicted octanol–water partition coefficient (Wildman–Crippen LogP) is 2.37. The molecule has 0 amide bonds. The van der Waals surface area contributed by atoms with Crippen LogP contribution >= 0.6 is 11.8 Å². The average molecular weight is 251 g/mol. The SMILES string of the molecule is CCc1nccc(CN(C)C2CCSCC2)n1. The number of aryl methyl sites for hydroxylation is 1. The minimum atomic E-state index is 0.733. The van der Waals surface area contributed by atoms with Gasteiger partial charge in [0.15, 0.2) is 0 Å².